The quantitative estimate of drug-likeness (QED) is 0.0538. The maximum Gasteiger partial charge on any atom is 0.274 e. The molecule has 5 amide bonds. The minimum absolute atomic E-state index is 0.0359. The van der Waals surface area contributed by atoms with Crippen LogP contribution in [0.1, 0.15) is 96.2 Å². The van der Waals surface area contributed by atoms with E-state index in [4.69, 9.17) is 18.9 Å². The highest BCUT2D eigenvalue weighted by Crippen LogP contribution is 2.32. The standard InChI is InChI=1S/C55H77N11O9/c67-51(14-10-43-7-4-20-56-40-43)58-21-2-1-6-42-16-24-65(25-17-42)55(71)48-11-13-50(61-60-48)64-26-18-44(19-27-64)63-30-28-62(29-31-63)23-5-32-72-34-36-74-38-39-75-37-35-73-33-22-57-47-9-3-8-45-46(47)41-66(54(45)70)49-12-15-52(68)59-53(49)69/h3-4,7-11,13-14,20,40,42,44,49,57H,1-2,5-6,12,15-19,21-39,41H2,(H,58,67)(H,59,68,69)/b14-10+. The summed E-state index contributed by atoms with van der Waals surface area (Å²) in [5, 5.41) is 17.6. The van der Waals surface area contributed by atoms with Gasteiger partial charge in [0.25, 0.3) is 11.8 Å². The number of benzene rings is 1. The van der Waals surface area contributed by atoms with Gasteiger partial charge in [-0.1, -0.05) is 25.0 Å². The van der Waals surface area contributed by atoms with Crippen molar-refractivity contribution in [3.05, 3.63) is 83.3 Å². The molecule has 0 bridgehead atoms. The lowest BCUT2D eigenvalue weighted by atomic mass is 9.91. The van der Waals surface area contributed by atoms with Crippen LogP contribution >= 0.6 is 0 Å². The number of aromatic nitrogens is 3. The molecule has 5 aliphatic heterocycles. The summed E-state index contributed by atoms with van der Waals surface area (Å²) in [6, 6.07) is 13.0. The molecule has 3 aromatic rings. The Balaban J connectivity index is 0.579. The van der Waals surface area contributed by atoms with Crippen LogP contribution in [0, 0.1) is 5.92 Å². The van der Waals surface area contributed by atoms with Gasteiger partial charge in [-0.2, -0.15) is 0 Å². The summed E-state index contributed by atoms with van der Waals surface area (Å²) in [5.74, 6) is 0.401. The molecule has 1 unspecified atom stereocenters. The van der Waals surface area contributed by atoms with Crippen molar-refractivity contribution in [3.63, 3.8) is 0 Å². The van der Waals surface area contributed by atoms with Crippen molar-refractivity contribution in [2.75, 3.05) is 135 Å². The topological polar surface area (TPSA) is 213 Å². The number of nitrogens with one attached hydrogen (secondary N) is 3. The minimum atomic E-state index is -0.639. The van der Waals surface area contributed by atoms with E-state index in [0.717, 1.165) is 133 Å². The summed E-state index contributed by atoms with van der Waals surface area (Å²) in [6.45, 7) is 14.4. The number of amides is 5. The van der Waals surface area contributed by atoms with E-state index in [1.54, 1.807) is 35.5 Å². The van der Waals surface area contributed by atoms with Crippen LogP contribution in [0.5, 0.6) is 0 Å². The molecule has 4 fully saturated rings. The molecule has 0 radical (unpaired) electrons. The molecule has 2 aromatic heterocycles. The normalized spacial score (nSPS) is 19.2. The van der Waals surface area contributed by atoms with Crippen molar-refractivity contribution in [1.82, 2.24) is 45.4 Å². The van der Waals surface area contributed by atoms with Crippen LogP contribution in [-0.2, 0) is 39.9 Å². The summed E-state index contributed by atoms with van der Waals surface area (Å²) < 4.78 is 22.9. The average Bonchev–Trinajstić information content (AvgIpc) is 3.79. The summed E-state index contributed by atoms with van der Waals surface area (Å²) in [6.07, 6.45) is 15.6. The molecule has 406 valence electrons. The van der Waals surface area contributed by atoms with E-state index < -0.39 is 11.9 Å². The molecule has 1 atom stereocenters. The van der Waals surface area contributed by atoms with Gasteiger partial charge < -0.3 is 49.2 Å². The lowest BCUT2D eigenvalue weighted by Crippen LogP contribution is -2.53. The van der Waals surface area contributed by atoms with Gasteiger partial charge in [0.1, 0.15) is 6.04 Å². The highest BCUT2D eigenvalue weighted by Gasteiger charge is 2.40. The van der Waals surface area contributed by atoms with E-state index >= 15 is 0 Å². The average molecular weight is 1040 g/mol. The number of pyridine rings is 1. The molecule has 8 rings (SSSR count). The van der Waals surface area contributed by atoms with Crippen LogP contribution < -0.4 is 20.9 Å². The molecule has 5 aliphatic rings. The number of imide groups is 1. The fourth-order valence-electron chi connectivity index (χ4n) is 10.6. The van der Waals surface area contributed by atoms with E-state index in [-0.39, 0.29) is 30.0 Å². The molecular weight excluding hydrogens is 959 g/mol. The number of hydrogen-bond acceptors (Lipinski definition) is 16. The molecule has 75 heavy (non-hydrogen) atoms. The first-order chi connectivity index (χ1) is 36.8. The second-order valence-electron chi connectivity index (χ2n) is 20.0. The van der Waals surface area contributed by atoms with Crippen molar-refractivity contribution >= 4 is 47.1 Å². The van der Waals surface area contributed by atoms with E-state index in [0.29, 0.717) is 102 Å². The van der Waals surface area contributed by atoms with Crippen LogP contribution in [0.3, 0.4) is 0 Å². The van der Waals surface area contributed by atoms with Crippen LogP contribution in [0.25, 0.3) is 6.08 Å². The van der Waals surface area contributed by atoms with E-state index in [2.05, 4.69) is 45.8 Å². The molecular formula is C55H77N11O9. The first-order valence-corrected chi connectivity index (χ1v) is 27.3. The van der Waals surface area contributed by atoms with E-state index in [9.17, 15) is 24.0 Å². The number of fused-ring (bicyclic) bond motifs is 1. The molecule has 20 nitrogen and oxygen atoms in total. The Morgan fingerprint density at radius 1 is 0.733 bits per heavy atom. The molecule has 20 heteroatoms. The Morgan fingerprint density at radius 3 is 2.19 bits per heavy atom. The van der Waals surface area contributed by atoms with Crippen molar-refractivity contribution in [3.8, 4) is 0 Å². The van der Waals surface area contributed by atoms with Gasteiger partial charge in [-0.05, 0) is 92.8 Å². The lowest BCUT2D eigenvalue weighted by Gasteiger charge is -2.43. The molecule has 1 aromatic carbocycles. The molecule has 0 spiro atoms. The van der Waals surface area contributed by atoms with Gasteiger partial charge >= 0.3 is 0 Å². The van der Waals surface area contributed by atoms with Crippen LogP contribution in [0.4, 0.5) is 11.5 Å². The smallest absolute Gasteiger partial charge is 0.274 e. The number of rotatable bonds is 28. The number of unbranched alkanes of at least 4 members (excludes halogenated alkanes) is 1. The van der Waals surface area contributed by atoms with Crippen molar-refractivity contribution < 1.29 is 42.9 Å². The fourth-order valence-corrected chi connectivity index (χ4v) is 10.6. The number of carbonyl (C=O) groups is 5. The van der Waals surface area contributed by atoms with E-state index in [1.165, 1.54) is 0 Å². The first kappa shape index (κ1) is 55.3. The Bertz CT molecular complexity index is 2320. The number of hydrogen-bond donors (Lipinski definition) is 3. The van der Waals surface area contributed by atoms with Crippen LogP contribution in [-0.4, -0.2) is 201 Å². The molecule has 4 saturated heterocycles. The third-order valence-electron chi connectivity index (χ3n) is 15.0. The van der Waals surface area contributed by atoms with E-state index in [1.807, 2.05) is 41.3 Å². The number of nitrogens with zero attached hydrogens (tertiary/aromatic N) is 8. The zero-order chi connectivity index (χ0) is 52.0. The number of anilines is 2. The Labute approximate surface area is 441 Å². The number of likely N-dealkylation sites (tertiary alicyclic amines) is 1. The SMILES string of the molecule is O=C(/C=C/c1cccnc1)NCCCCC1CCN(C(=O)c2ccc(N3CCC(N4CCN(CCCOCCOCCOCCOCCNc5cccc6c5CN(C5CCC(=O)NC5=O)C6=O)CC4)CC3)nn2)CC1. The summed E-state index contributed by atoms with van der Waals surface area (Å²) in [5.41, 5.74) is 3.58. The number of piperazine rings is 1. The summed E-state index contributed by atoms with van der Waals surface area (Å²) in [7, 11) is 0. The van der Waals surface area contributed by atoms with Gasteiger partial charge in [0.2, 0.25) is 17.7 Å². The molecule has 3 N–H and O–H groups in total. The first-order valence-electron chi connectivity index (χ1n) is 27.3. The highest BCUT2D eigenvalue weighted by atomic mass is 16.6. The van der Waals surface area contributed by atoms with Crippen LogP contribution in [0.2, 0.25) is 0 Å². The third kappa shape index (κ3) is 16.8. The molecule has 0 aliphatic carbocycles. The van der Waals surface area contributed by atoms with Gasteiger partial charge in [0.05, 0.1) is 46.2 Å². The maximum atomic E-state index is 13.3. The van der Waals surface area contributed by atoms with Crippen molar-refractivity contribution in [1.29, 1.82) is 0 Å². The largest absolute Gasteiger partial charge is 0.382 e. The Hall–Kier alpha value is -5.90. The third-order valence-corrected chi connectivity index (χ3v) is 15.0. The predicted molar refractivity (Wildman–Crippen MR) is 283 cm³/mol. The number of ether oxygens (including phenoxy) is 4. The predicted octanol–water partition coefficient (Wildman–Crippen LogP) is 3.64. The maximum absolute atomic E-state index is 13.3. The van der Waals surface area contributed by atoms with Gasteiger partial charge in [0.15, 0.2) is 11.5 Å². The van der Waals surface area contributed by atoms with Crippen molar-refractivity contribution in [2.24, 2.45) is 5.92 Å². The van der Waals surface area contributed by atoms with Gasteiger partial charge in [-0.25, -0.2) is 0 Å². The van der Waals surface area contributed by atoms with Gasteiger partial charge in [-0.3, -0.25) is 39.2 Å². The van der Waals surface area contributed by atoms with Crippen molar-refractivity contribution in [2.45, 2.75) is 82.8 Å². The van der Waals surface area contributed by atoms with Gasteiger partial charge in [0, 0.05) is 133 Å². The number of carbonyl (C=O) groups excluding carboxylic acids is 5. The second kappa shape index (κ2) is 29.4. The zero-order valence-corrected chi connectivity index (χ0v) is 43.5. The zero-order valence-electron chi connectivity index (χ0n) is 43.5. The fraction of sp³-hybridized carbons (Fsp3) is 0.600. The minimum Gasteiger partial charge on any atom is -0.382 e. The molecule has 7 heterocycles. The lowest BCUT2D eigenvalue weighted by molar-refractivity contribution is -0.137. The summed E-state index contributed by atoms with van der Waals surface area (Å²) in [4.78, 5) is 77.5. The highest BCUT2D eigenvalue weighted by molar-refractivity contribution is 6.06. The molecule has 0 saturated carbocycles. The monoisotopic (exact) mass is 1040 g/mol. The second-order valence-corrected chi connectivity index (χ2v) is 20.0. The van der Waals surface area contributed by atoms with Crippen LogP contribution in [0.15, 0.2) is 60.9 Å². The van der Waals surface area contributed by atoms with Gasteiger partial charge in [-0.15, -0.1) is 10.2 Å². The summed E-state index contributed by atoms with van der Waals surface area (Å²) >= 11 is 0. The Kier molecular flexibility index (Phi) is 21.7. The Morgan fingerprint density at radius 2 is 1.48 bits per heavy atom. The number of piperidine rings is 3.